The smallest absolute Gasteiger partial charge is 0.255 e. The van der Waals surface area contributed by atoms with Crippen molar-refractivity contribution in [2.75, 3.05) is 45.9 Å². The minimum Gasteiger partial charge on any atom is -0.379 e. The van der Waals surface area contributed by atoms with Crippen LogP contribution < -0.4 is 5.32 Å². The highest BCUT2D eigenvalue weighted by Crippen LogP contribution is 2.48. The third-order valence-electron chi connectivity index (χ3n) is 7.56. The van der Waals surface area contributed by atoms with E-state index in [1.54, 1.807) is 6.20 Å². The van der Waals surface area contributed by atoms with E-state index < -0.39 is 5.41 Å². The largest absolute Gasteiger partial charge is 0.379 e. The molecule has 1 aliphatic carbocycles. The van der Waals surface area contributed by atoms with Gasteiger partial charge in [0.25, 0.3) is 5.91 Å². The van der Waals surface area contributed by atoms with Crippen molar-refractivity contribution < 1.29 is 14.3 Å². The van der Waals surface area contributed by atoms with Gasteiger partial charge in [-0.05, 0) is 57.1 Å². The number of likely N-dealkylation sites (tertiary alicyclic amines) is 1. The molecule has 3 aliphatic rings. The zero-order chi connectivity index (χ0) is 21.8. The fraction of sp³-hybridized carbons (Fsp3) is 0.708. The molecule has 0 spiro atoms. The Morgan fingerprint density at radius 1 is 1.26 bits per heavy atom. The molecule has 1 N–H and O–H groups in total. The van der Waals surface area contributed by atoms with Crippen molar-refractivity contribution in [1.29, 1.82) is 0 Å². The van der Waals surface area contributed by atoms with Crippen LogP contribution in [0.25, 0.3) is 0 Å². The number of piperidine rings is 1. The number of rotatable bonds is 5. The molecule has 0 radical (unpaired) electrons. The highest BCUT2D eigenvalue weighted by atomic mass is 16.5. The second kappa shape index (κ2) is 9.65. The Kier molecular flexibility index (Phi) is 6.92. The third kappa shape index (κ3) is 4.48. The number of aryl methyl sites for hydroxylation is 1. The van der Waals surface area contributed by atoms with Crippen molar-refractivity contribution in [1.82, 2.24) is 20.1 Å². The van der Waals surface area contributed by atoms with Gasteiger partial charge in [-0.3, -0.25) is 19.5 Å². The van der Waals surface area contributed by atoms with Gasteiger partial charge in [0.05, 0.1) is 24.2 Å². The van der Waals surface area contributed by atoms with Gasteiger partial charge in [0.1, 0.15) is 0 Å². The lowest BCUT2D eigenvalue weighted by Crippen LogP contribution is -2.61. The van der Waals surface area contributed by atoms with Gasteiger partial charge in [-0.1, -0.05) is 6.92 Å². The standard InChI is InChI=1S/C24H36N4O3/c1-3-9-26-23(30)24-8-6-20(27-12-14-31-15-13-27)16-19(24)7-11-28(17-24)22(29)21-5-4-10-25-18(21)2/h4-5,10,19-20H,3,6-9,11-17H2,1-2H3,(H,26,30)/t19-,20+,24-/m1/s1. The van der Waals surface area contributed by atoms with Crippen LogP contribution in [0, 0.1) is 18.3 Å². The lowest BCUT2D eigenvalue weighted by atomic mass is 9.60. The number of carbonyl (C=O) groups is 2. The van der Waals surface area contributed by atoms with E-state index in [1.165, 1.54) is 0 Å². The summed E-state index contributed by atoms with van der Waals surface area (Å²) in [6, 6.07) is 4.17. The van der Waals surface area contributed by atoms with Crippen LogP contribution in [0.2, 0.25) is 0 Å². The lowest BCUT2D eigenvalue weighted by molar-refractivity contribution is -0.143. The fourth-order valence-electron chi connectivity index (χ4n) is 5.75. The van der Waals surface area contributed by atoms with Crippen LogP contribution in [-0.2, 0) is 9.53 Å². The summed E-state index contributed by atoms with van der Waals surface area (Å²) in [5, 5.41) is 3.17. The van der Waals surface area contributed by atoms with Crippen LogP contribution in [0.5, 0.6) is 0 Å². The summed E-state index contributed by atoms with van der Waals surface area (Å²) in [5.74, 6) is 0.451. The Hall–Kier alpha value is -1.99. The van der Waals surface area contributed by atoms with Gasteiger partial charge in [-0.15, -0.1) is 0 Å². The van der Waals surface area contributed by atoms with E-state index in [4.69, 9.17) is 4.74 Å². The van der Waals surface area contributed by atoms with E-state index in [1.807, 2.05) is 24.0 Å². The van der Waals surface area contributed by atoms with Crippen LogP contribution in [0.1, 0.15) is 55.1 Å². The molecule has 1 saturated carbocycles. The maximum absolute atomic E-state index is 13.5. The number of fused-ring (bicyclic) bond motifs is 1. The highest BCUT2D eigenvalue weighted by molar-refractivity contribution is 5.96. The molecule has 0 aromatic carbocycles. The van der Waals surface area contributed by atoms with Crippen LogP contribution in [-0.4, -0.2) is 78.6 Å². The van der Waals surface area contributed by atoms with E-state index in [2.05, 4.69) is 22.1 Å². The lowest BCUT2D eigenvalue weighted by Gasteiger charge is -2.53. The Bertz CT molecular complexity index is 795. The molecule has 0 unspecified atom stereocenters. The van der Waals surface area contributed by atoms with Crippen LogP contribution >= 0.6 is 0 Å². The van der Waals surface area contributed by atoms with E-state index in [-0.39, 0.29) is 11.8 Å². The number of pyridine rings is 1. The summed E-state index contributed by atoms with van der Waals surface area (Å²) in [5.41, 5.74) is 0.907. The van der Waals surface area contributed by atoms with Crippen molar-refractivity contribution in [3.8, 4) is 0 Å². The molecule has 1 aromatic rings. The monoisotopic (exact) mass is 428 g/mol. The molecule has 31 heavy (non-hydrogen) atoms. The van der Waals surface area contributed by atoms with Crippen LogP contribution in [0.4, 0.5) is 0 Å². The fourth-order valence-corrected chi connectivity index (χ4v) is 5.75. The molecule has 1 aromatic heterocycles. The molecule has 3 heterocycles. The topological polar surface area (TPSA) is 74.8 Å². The summed E-state index contributed by atoms with van der Waals surface area (Å²) in [6.45, 7) is 9.42. The predicted molar refractivity (Wildman–Crippen MR) is 119 cm³/mol. The van der Waals surface area contributed by atoms with Gasteiger partial charge in [0.2, 0.25) is 5.91 Å². The zero-order valence-corrected chi connectivity index (χ0v) is 18.9. The number of carbonyl (C=O) groups excluding carboxylic acids is 2. The molecular formula is C24H36N4O3. The van der Waals surface area contributed by atoms with Gasteiger partial charge in [0.15, 0.2) is 0 Å². The Morgan fingerprint density at radius 2 is 2.06 bits per heavy atom. The predicted octanol–water partition coefficient (Wildman–Crippen LogP) is 2.25. The Labute approximate surface area is 185 Å². The molecule has 2 aliphatic heterocycles. The van der Waals surface area contributed by atoms with E-state index in [0.717, 1.165) is 64.1 Å². The molecule has 7 nitrogen and oxygen atoms in total. The second-order valence-electron chi connectivity index (χ2n) is 9.34. The van der Waals surface area contributed by atoms with Crippen molar-refractivity contribution in [3.05, 3.63) is 29.6 Å². The minimum absolute atomic E-state index is 0.00187. The minimum atomic E-state index is -0.484. The van der Waals surface area contributed by atoms with Gasteiger partial charge in [0, 0.05) is 50.7 Å². The maximum atomic E-state index is 13.5. The molecule has 7 heteroatoms. The molecule has 3 fully saturated rings. The van der Waals surface area contributed by atoms with E-state index in [0.29, 0.717) is 37.2 Å². The highest BCUT2D eigenvalue weighted by Gasteiger charge is 2.53. The SMILES string of the molecule is CCCNC(=O)[C@@]12CC[C@H](N3CCOCC3)C[C@H]1CCN(C(=O)c1cccnc1C)C2. The average Bonchev–Trinajstić information content (AvgIpc) is 2.82. The summed E-state index contributed by atoms with van der Waals surface area (Å²) in [7, 11) is 0. The van der Waals surface area contributed by atoms with Crippen molar-refractivity contribution in [2.24, 2.45) is 11.3 Å². The first kappa shape index (κ1) is 22.2. The Morgan fingerprint density at radius 3 is 2.81 bits per heavy atom. The van der Waals surface area contributed by atoms with Gasteiger partial charge in [-0.2, -0.15) is 0 Å². The van der Waals surface area contributed by atoms with E-state index in [9.17, 15) is 9.59 Å². The molecule has 0 bridgehead atoms. The number of amides is 2. The quantitative estimate of drug-likeness (QED) is 0.779. The first-order chi connectivity index (χ1) is 15.0. The molecule has 4 rings (SSSR count). The van der Waals surface area contributed by atoms with Crippen LogP contribution in [0.15, 0.2) is 18.3 Å². The van der Waals surface area contributed by atoms with Crippen molar-refractivity contribution in [2.45, 2.75) is 52.0 Å². The summed E-state index contributed by atoms with van der Waals surface area (Å²) in [4.78, 5) is 35.5. The van der Waals surface area contributed by atoms with E-state index >= 15 is 0 Å². The Balaban J connectivity index is 1.54. The second-order valence-corrected chi connectivity index (χ2v) is 9.34. The molecule has 3 atom stereocenters. The number of morpholine rings is 1. The number of hydrogen-bond donors (Lipinski definition) is 1. The molecular weight excluding hydrogens is 392 g/mol. The molecule has 2 saturated heterocycles. The van der Waals surface area contributed by atoms with Gasteiger partial charge >= 0.3 is 0 Å². The zero-order valence-electron chi connectivity index (χ0n) is 18.9. The summed E-state index contributed by atoms with van der Waals surface area (Å²) in [6.07, 6.45) is 6.39. The number of ether oxygens (including phenoxy) is 1. The average molecular weight is 429 g/mol. The number of hydrogen-bond acceptors (Lipinski definition) is 5. The normalized spacial score (nSPS) is 29.3. The van der Waals surface area contributed by atoms with Gasteiger partial charge < -0.3 is 15.0 Å². The number of nitrogens with zero attached hydrogens (tertiary/aromatic N) is 3. The third-order valence-corrected chi connectivity index (χ3v) is 7.56. The van der Waals surface area contributed by atoms with Crippen LogP contribution in [0.3, 0.4) is 0 Å². The summed E-state index contributed by atoms with van der Waals surface area (Å²) >= 11 is 0. The first-order valence-electron chi connectivity index (χ1n) is 11.9. The molecule has 170 valence electrons. The van der Waals surface area contributed by atoms with Crippen molar-refractivity contribution in [3.63, 3.8) is 0 Å². The maximum Gasteiger partial charge on any atom is 0.255 e. The number of aromatic nitrogens is 1. The van der Waals surface area contributed by atoms with Crippen molar-refractivity contribution >= 4 is 11.8 Å². The first-order valence-corrected chi connectivity index (χ1v) is 11.9. The number of nitrogens with one attached hydrogen (secondary N) is 1. The summed E-state index contributed by atoms with van der Waals surface area (Å²) < 4.78 is 5.54. The van der Waals surface area contributed by atoms with Gasteiger partial charge in [-0.25, -0.2) is 0 Å². The molecule has 2 amide bonds.